The molecular weight excluding hydrogens is 228 g/mol. The van der Waals surface area contributed by atoms with Crippen molar-refractivity contribution in [2.24, 2.45) is 0 Å². The van der Waals surface area contributed by atoms with Gasteiger partial charge in [-0.3, -0.25) is 4.79 Å². The van der Waals surface area contributed by atoms with Crippen LogP contribution in [-0.4, -0.2) is 16.0 Å². The summed E-state index contributed by atoms with van der Waals surface area (Å²) in [6, 6.07) is 8.19. The molecule has 4 nitrogen and oxygen atoms in total. The average Bonchev–Trinajstić information content (AvgIpc) is 2.94. The molecule has 4 heteroatoms. The first-order valence-corrected chi connectivity index (χ1v) is 6.21. The van der Waals surface area contributed by atoms with E-state index in [4.69, 9.17) is 4.42 Å². The number of nitrogens with zero attached hydrogens (tertiary/aromatic N) is 2. The highest BCUT2D eigenvalue weighted by molar-refractivity contribution is 5.79. The smallest absolute Gasteiger partial charge is 0.247 e. The summed E-state index contributed by atoms with van der Waals surface area (Å²) in [4.78, 5) is 11.2. The molecule has 1 heterocycles. The lowest BCUT2D eigenvalue weighted by Gasteiger charge is -2.21. The fourth-order valence-corrected chi connectivity index (χ4v) is 2.47. The van der Waals surface area contributed by atoms with Gasteiger partial charge in [-0.15, -0.1) is 10.2 Å². The van der Waals surface area contributed by atoms with Gasteiger partial charge in [-0.2, -0.15) is 0 Å². The van der Waals surface area contributed by atoms with Gasteiger partial charge in [0.25, 0.3) is 0 Å². The number of rotatable bonds is 2. The summed E-state index contributed by atoms with van der Waals surface area (Å²) in [6.45, 7) is 0. The minimum absolute atomic E-state index is 0.397. The van der Waals surface area contributed by atoms with Crippen molar-refractivity contribution in [2.45, 2.75) is 31.6 Å². The SMILES string of the molecule is O=C1CCC(c2ccc(-c3nnco3)cc2)CC1. The molecule has 0 bridgehead atoms. The summed E-state index contributed by atoms with van der Waals surface area (Å²) >= 11 is 0. The lowest BCUT2D eigenvalue weighted by molar-refractivity contribution is -0.120. The maximum Gasteiger partial charge on any atom is 0.247 e. The molecule has 0 unspecified atom stereocenters. The van der Waals surface area contributed by atoms with E-state index in [0.717, 1.165) is 31.2 Å². The normalized spacial score (nSPS) is 17.0. The number of ketones is 1. The standard InChI is InChI=1S/C14H14N2O2/c17-13-7-5-11(6-8-13)10-1-3-12(4-2-10)14-16-15-9-18-14/h1-4,9,11H,5-8H2. The Morgan fingerprint density at radius 3 is 2.44 bits per heavy atom. The first-order valence-electron chi connectivity index (χ1n) is 6.21. The maximum atomic E-state index is 11.2. The highest BCUT2D eigenvalue weighted by Gasteiger charge is 2.20. The highest BCUT2D eigenvalue weighted by Crippen LogP contribution is 2.32. The van der Waals surface area contributed by atoms with Crippen molar-refractivity contribution in [2.75, 3.05) is 0 Å². The maximum absolute atomic E-state index is 11.2. The molecule has 0 aliphatic heterocycles. The number of hydrogen-bond donors (Lipinski definition) is 0. The van der Waals surface area contributed by atoms with E-state index in [1.807, 2.05) is 12.1 Å². The molecule has 0 N–H and O–H groups in total. The Morgan fingerprint density at radius 2 is 1.83 bits per heavy atom. The Balaban J connectivity index is 1.77. The zero-order valence-corrected chi connectivity index (χ0v) is 10.0. The average molecular weight is 242 g/mol. The van der Waals surface area contributed by atoms with Crippen molar-refractivity contribution in [3.63, 3.8) is 0 Å². The Kier molecular flexibility index (Phi) is 2.92. The van der Waals surface area contributed by atoms with Gasteiger partial charge in [0.15, 0.2) is 0 Å². The number of benzene rings is 1. The molecular formula is C14H14N2O2. The summed E-state index contributed by atoms with van der Waals surface area (Å²) in [5.74, 6) is 1.45. The number of hydrogen-bond acceptors (Lipinski definition) is 4. The van der Waals surface area contributed by atoms with E-state index in [1.165, 1.54) is 12.0 Å². The van der Waals surface area contributed by atoms with E-state index < -0.39 is 0 Å². The molecule has 1 aromatic heterocycles. The Hall–Kier alpha value is -1.97. The summed E-state index contributed by atoms with van der Waals surface area (Å²) in [6.07, 6.45) is 4.71. The van der Waals surface area contributed by atoms with Crippen LogP contribution >= 0.6 is 0 Å². The van der Waals surface area contributed by atoms with Crippen molar-refractivity contribution in [1.82, 2.24) is 10.2 Å². The fraction of sp³-hybridized carbons (Fsp3) is 0.357. The van der Waals surface area contributed by atoms with Gasteiger partial charge in [-0.25, -0.2) is 0 Å². The van der Waals surface area contributed by atoms with E-state index in [0.29, 0.717) is 17.6 Å². The van der Waals surface area contributed by atoms with Crippen LogP contribution in [0.2, 0.25) is 0 Å². The third-order valence-corrected chi connectivity index (χ3v) is 3.53. The monoisotopic (exact) mass is 242 g/mol. The van der Waals surface area contributed by atoms with E-state index in [1.54, 1.807) is 0 Å². The summed E-state index contributed by atoms with van der Waals surface area (Å²) in [7, 11) is 0. The molecule has 0 amide bonds. The number of aromatic nitrogens is 2. The van der Waals surface area contributed by atoms with Crippen LogP contribution < -0.4 is 0 Å². The predicted octanol–water partition coefficient (Wildman–Crippen LogP) is 2.96. The fourth-order valence-electron chi connectivity index (χ4n) is 2.47. The largest absolute Gasteiger partial charge is 0.423 e. The second-order valence-electron chi connectivity index (χ2n) is 4.68. The van der Waals surface area contributed by atoms with Crippen molar-refractivity contribution < 1.29 is 9.21 Å². The highest BCUT2D eigenvalue weighted by atomic mass is 16.4. The summed E-state index contributed by atoms with van der Waals surface area (Å²) < 4.78 is 5.15. The molecule has 2 aromatic rings. The molecule has 92 valence electrons. The van der Waals surface area contributed by atoms with Crippen LogP contribution in [0, 0.1) is 0 Å². The van der Waals surface area contributed by atoms with Crippen molar-refractivity contribution in [3.05, 3.63) is 36.2 Å². The first kappa shape index (κ1) is 11.1. The van der Waals surface area contributed by atoms with Gasteiger partial charge in [0.05, 0.1) is 0 Å². The second kappa shape index (κ2) is 4.72. The minimum Gasteiger partial charge on any atom is -0.423 e. The van der Waals surface area contributed by atoms with E-state index in [2.05, 4.69) is 22.3 Å². The third kappa shape index (κ3) is 2.18. The van der Waals surface area contributed by atoms with Gasteiger partial charge in [0.2, 0.25) is 12.3 Å². The van der Waals surface area contributed by atoms with Crippen LogP contribution in [0.4, 0.5) is 0 Å². The van der Waals surface area contributed by atoms with Crippen LogP contribution in [0.3, 0.4) is 0 Å². The van der Waals surface area contributed by atoms with Gasteiger partial charge < -0.3 is 4.42 Å². The number of carbonyl (C=O) groups is 1. The molecule has 1 aliphatic rings. The van der Waals surface area contributed by atoms with Gasteiger partial charge in [0, 0.05) is 18.4 Å². The van der Waals surface area contributed by atoms with E-state index >= 15 is 0 Å². The molecule has 0 radical (unpaired) electrons. The van der Waals surface area contributed by atoms with Gasteiger partial charge in [-0.1, -0.05) is 12.1 Å². The lowest BCUT2D eigenvalue weighted by Crippen LogP contribution is -2.12. The van der Waals surface area contributed by atoms with E-state index in [-0.39, 0.29) is 0 Å². The molecule has 0 atom stereocenters. The van der Waals surface area contributed by atoms with Crippen molar-refractivity contribution in [1.29, 1.82) is 0 Å². The van der Waals surface area contributed by atoms with E-state index in [9.17, 15) is 4.79 Å². The van der Waals surface area contributed by atoms with Crippen LogP contribution in [0.1, 0.15) is 37.2 Å². The Bertz CT molecular complexity index is 521. The summed E-state index contributed by atoms with van der Waals surface area (Å²) in [5, 5.41) is 7.54. The minimum atomic E-state index is 0.397. The van der Waals surface area contributed by atoms with Crippen LogP contribution in [0.25, 0.3) is 11.5 Å². The van der Waals surface area contributed by atoms with Gasteiger partial charge in [-0.05, 0) is 36.5 Å². The second-order valence-corrected chi connectivity index (χ2v) is 4.68. The molecule has 1 aromatic carbocycles. The molecule has 0 spiro atoms. The van der Waals surface area contributed by atoms with Crippen molar-refractivity contribution in [3.8, 4) is 11.5 Å². The van der Waals surface area contributed by atoms with Crippen LogP contribution in [-0.2, 0) is 4.79 Å². The molecule has 3 rings (SSSR count). The molecule has 18 heavy (non-hydrogen) atoms. The van der Waals surface area contributed by atoms with Gasteiger partial charge >= 0.3 is 0 Å². The number of carbonyl (C=O) groups excluding carboxylic acids is 1. The first-order chi connectivity index (χ1) is 8.83. The molecule has 1 fully saturated rings. The summed E-state index contributed by atoms with van der Waals surface area (Å²) in [5.41, 5.74) is 2.23. The van der Waals surface area contributed by atoms with Gasteiger partial charge in [0.1, 0.15) is 5.78 Å². The Morgan fingerprint density at radius 1 is 1.11 bits per heavy atom. The zero-order valence-electron chi connectivity index (χ0n) is 10.0. The predicted molar refractivity (Wildman–Crippen MR) is 66.0 cm³/mol. The molecule has 0 saturated heterocycles. The zero-order chi connectivity index (χ0) is 12.4. The third-order valence-electron chi connectivity index (χ3n) is 3.53. The Labute approximate surface area is 105 Å². The quantitative estimate of drug-likeness (QED) is 0.812. The topological polar surface area (TPSA) is 56.0 Å². The molecule has 1 saturated carbocycles. The molecule has 1 aliphatic carbocycles. The van der Waals surface area contributed by atoms with Crippen molar-refractivity contribution >= 4 is 5.78 Å². The van der Waals surface area contributed by atoms with Crippen LogP contribution in [0.5, 0.6) is 0 Å². The van der Waals surface area contributed by atoms with Crippen LogP contribution in [0.15, 0.2) is 35.1 Å². The lowest BCUT2D eigenvalue weighted by atomic mass is 9.83. The number of Topliss-reactive ketones (excluding diaryl/α,β-unsaturated/α-hetero) is 1.